The van der Waals surface area contributed by atoms with Gasteiger partial charge in [0.1, 0.15) is 16.8 Å². The van der Waals surface area contributed by atoms with Gasteiger partial charge in [-0.25, -0.2) is 5.43 Å². The van der Waals surface area contributed by atoms with Crippen molar-refractivity contribution in [2.24, 2.45) is 11.0 Å². The number of carbonyl (C=O) groups excluding carboxylic acids is 2. The lowest BCUT2D eigenvalue weighted by atomic mass is 10.1. The van der Waals surface area contributed by atoms with Crippen molar-refractivity contribution in [3.05, 3.63) is 74.3 Å². The highest BCUT2D eigenvalue weighted by Crippen LogP contribution is 2.26. The molecule has 35 heavy (non-hydrogen) atoms. The Kier molecular flexibility index (Phi) is 7.39. The molecule has 1 aliphatic rings. The number of benzene rings is 1. The Labute approximate surface area is 208 Å². The average molecular weight is 543 g/mol. The largest absolute Gasteiger partial charge is 0.454 e. The van der Waals surface area contributed by atoms with E-state index in [9.17, 15) is 19.7 Å². The van der Waals surface area contributed by atoms with Crippen LogP contribution < -0.4 is 10.7 Å². The molecule has 0 unspecified atom stereocenters. The molecule has 0 bridgehead atoms. The molecule has 11 nitrogen and oxygen atoms in total. The van der Waals surface area contributed by atoms with Crippen LogP contribution in [-0.4, -0.2) is 32.2 Å². The number of carbonyl (C=O) groups is 2. The van der Waals surface area contributed by atoms with Gasteiger partial charge < -0.3 is 19.8 Å². The Hall–Kier alpha value is -3.80. The van der Waals surface area contributed by atoms with Crippen LogP contribution >= 0.6 is 15.9 Å². The van der Waals surface area contributed by atoms with E-state index in [4.69, 9.17) is 4.42 Å². The maximum Gasteiger partial charge on any atom is 0.404 e. The van der Waals surface area contributed by atoms with Crippen molar-refractivity contribution in [3.8, 4) is 0 Å². The molecule has 1 aliphatic carbocycles. The van der Waals surface area contributed by atoms with Crippen molar-refractivity contribution in [3.63, 3.8) is 0 Å². The molecule has 0 aliphatic heterocycles. The molecule has 2 aromatic heterocycles. The molecule has 0 spiro atoms. The fraction of sp³-hybridized carbons (Fsp3) is 0.304. The van der Waals surface area contributed by atoms with E-state index in [0.717, 1.165) is 31.2 Å². The first-order valence-corrected chi connectivity index (χ1v) is 11.8. The molecule has 1 saturated carbocycles. The summed E-state index contributed by atoms with van der Waals surface area (Å²) in [5.41, 5.74) is 4.44. The van der Waals surface area contributed by atoms with Gasteiger partial charge in [0.15, 0.2) is 5.76 Å². The molecule has 0 saturated heterocycles. The van der Waals surface area contributed by atoms with E-state index in [1.807, 2.05) is 24.3 Å². The third kappa shape index (κ3) is 6.01. The van der Waals surface area contributed by atoms with E-state index in [1.54, 1.807) is 13.0 Å². The second-order valence-electron chi connectivity index (χ2n) is 8.21. The van der Waals surface area contributed by atoms with E-state index >= 15 is 0 Å². The predicted octanol–water partition coefficient (Wildman–Crippen LogP) is 4.48. The number of furan rings is 1. The Morgan fingerprint density at radius 1 is 1.29 bits per heavy atom. The summed E-state index contributed by atoms with van der Waals surface area (Å²) in [6.07, 6.45) is 5.48. The smallest absolute Gasteiger partial charge is 0.404 e. The fourth-order valence-corrected chi connectivity index (χ4v) is 4.31. The Bertz CT molecular complexity index is 1290. The second-order valence-corrected chi connectivity index (χ2v) is 9.07. The van der Waals surface area contributed by atoms with Crippen LogP contribution in [0.1, 0.15) is 54.5 Å². The van der Waals surface area contributed by atoms with Gasteiger partial charge in [0.05, 0.1) is 17.0 Å². The SMILES string of the molecule is C/C(=N/NC(=O)c1ccc(Cn2cc(Br)c([N+](=O)[O-])n2)o1)c1cccc(NC(=O)C2CCCC2)c1. The zero-order valence-corrected chi connectivity index (χ0v) is 20.4. The predicted molar refractivity (Wildman–Crippen MR) is 131 cm³/mol. The molecule has 1 fully saturated rings. The van der Waals surface area contributed by atoms with Crippen LogP contribution in [0.4, 0.5) is 11.5 Å². The highest BCUT2D eigenvalue weighted by Gasteiger charge is 2.23. The number of nitrogens with one attached hydrogen (secondary N) is 2. The van der Waals surface area contributed by atoms with Gasteiger partial charge in [-0.15, -0.1) is 0 Å². The first kappa shape index (κ1) is 24.3. The standard InChI is InChI=1S/C23H23BrN6O5/c1-14(16-7-4-8-17(11-16)25-22(31)15-5-2-3-6-15)26-27-23(32)20-10-9-18(35-20)12-29-13-19(24)21(28-29)30(33)34/h4,7-11,13,15H,2-3,5-6,12H2,1H3,(H,25,31)(H,27,32)/b26-14-. The Balaban J connectivity index is 1.36. The highest BCUT2D eigenvalue weighted by atomic mass is 79.9. The van der Waals surface area contributed by atoms with E-state index in [1.165, 1.54) is 16.9 Å². The number of nitro groups is 1. The number of hydrazone groups is 1. The zero-order valence-electron chi connectivity index (χ0n) is 18.9. The lowest BCUT2D eigenvalue weighted by Crippen LogP contribution is -2.20. The minimum atomic E-state index is -0.596. The molecule has 3 aromatic rings. The van der Waals surface area contributed by atoms with Crippen molar-refractivity contribution in [1.29, 1.82) is 0 Å². The number of halogens is 1. The lowest BCUT2D eigenvalue weighted by molar-refractivity contribution is -0.390. The van der Waals surface area contributed by atoms with Gasteiger partial charge in [-0.05, 0) is 70.4 Å². The highest BCUT2D eigenvalue weighted by molar-refractivity contribution is 9.10. The maximum absolute atomic E-state index is 12.5. The van der Waals surface area contributed by atoms with Gasteiger partial charge in [-0.3, -0.25) is 9.59 Å². The van der Waals surface area contributed by atoms with Crippen molar-refractivity contribution in [1.82, 2.24) is 15.2 Å². The quantitative estimate of drug-likeness (QED) is 0.244. The Morgan fingerprint density at radius 3 is 2.77 bits per heavy atom. The van der Waals surface area contributed by atoms with E-state index in [2.05, 4.69) is 36.9 Å². The van der Waals surface area contributed by atoms with Gasteiger partial charge in [0.2, 0.25) is 5.91 Å². The molecule has 2 N–H and O–H groups in total. The summed E-state index contributed by atoms with van der Waals surface area (Å²) in [5.74, 6) is -0.319. The van der Waals surface area contributed by atoms with Crippen LogP contribution in [0.5, 0.6) is 0 Å². The average Bonchev–Trinajstić information content (AvgIpc) is 3.59. The van der Waals surface area contributed by atoms with E-state index < -0.39 is 10.8 Å². The number of amides is 2. The molecular weight excluding hydrogens is 520 g/mol. The fourth-order valence-electron chi connectivity index (χ4n) is 3.84. The third-order valence-electron chi connectivity index (χ3n) is 5.67. The van der Waals surface area contributed by atoms with Crippen molar-refractivity contribution in [2.75, 3.05) is 5.32 Å². The van der Waals surface area contributed by atoms with E-state index in [-0.39, 0.29) is 34.4 Å². The summed E-state index contributed by atoms with van der Waals surface area (Å²) in [4.78, 5) is 35.2. The van der Waals surface area contributed by atoms with Gasteiger partial charge >= 0.3 is 11.7 Å². The number of nitrogens with zero attached hydrogens (tertiary/aromatic N) is 4. The topological polar surface area (TPSA) is 145 Å². The third-order valence-corrected chi connectivity index (χ3v) is 6.23. The van der Waals surface area contributed by atoms with Gasteiger partial charge in [0, 0.05) is 11.6 Å². The minimum Gasteiger partial charge on any atom is -0.454 e. The Morgan fingerprint density at radius 2 is 2.06 bits per heavy atom. The van der Waals surface area contributed by atoms with Gasteiger partial charge in [-0.2, -0.15) is 9.78 Å². The van der Waals surface area contributed by atoms with Crippen LogP contribution in [-0.2, 0) is 11.3 Å². The normalized spacial score (nSPS) is 14.2. The maximum atomic E-state index is 12.5. The molecule has 2 heterocycles. The first-order chi connectivity index (χ1) is 16.8. The molecule has 4 rings (SSSR count). The summed E-state index contributed by atoms with van der Waals surface area (Å²) < 4.78 is 7.12. The van der Waals surface area contributed by atoms with E-state index in [0.29, 0.717) is 17.2 Å². The number of rotatable bonds is 8. The second kappa shape index (κ2) is 10.6. The summed E-state index contributed by atoms with van der Waals surface area (Å²) in [6.45, 7) is 1.86. The molecule has 0 atom stereocenters. The number of anilines is 1. The van der Waals surface area contributed by atoms with Crippen molar-refractivity contribution < 1.29 is 18.9 Å². The van der Waals surface area contributed by atoms with Gasteiger partial charge in [0.25, 0.3) is 0 Å². The van der Waals surface area contributed by atoms with Crippen LogP contribution in [0, 0.1) is 16.0 Å². The van der Waals surface area contributed by atoms with Crippen LogP contribution in [0.15, 0.2) is 56.6 Å². The molecule has 0 radical (unpaired) electrons. The molecule has 12 heteroatoms. The van der Waals surface area contributed by atoms with Crippen LogP contribution in [0.3, 0.4) is 0 Å². The zero-order chi connectivity index (χ0) is 24.9. The number of hydrogen-bond donors (Lipinski definition) is 2. The summed E-state index contributed by atoms with van der Waals surface area (Å²) in [5, 5.41) is 21.9. The number of aromatic nitrogens is 2. The van der Waals surface area contributed by atoms with Crippen LogP contribution in [0.25, 0.3) is 0 Å². The van der Waals surface area contributed by atoms with Crippen LogP contribution in [0.2, 0.25) is 0 Å². The summed E-state index contributed by atoms with van der Waals surface area (Å²) in [7, 11) is 0. The molecular formula is C23H23BrN6O5. The summed E-state index contributed by atoms with van der Waals surface area (Å²) in [6, 6.07) is 10.4. The first-order valence-electron chi connectivity index (χ1n) is 11.0. The lowest BCUT2D eigenvalue weighted by Gasteiger charge is -2.11. The number of hydrogen-bond acceptors (Lipinski definition) is 7. The van der Waals surface area contributed by atoms with Crippen molar-refractivity contribution >= 4 is 45.0 Å². The summed E-state index contributed by atoms with van der Waals surface area (Å²) >= 11 is 3.09. The minimum absolute atomic E-state index is 0.0354. The molecule has 2 amide bonds. The molecule has 182 valence electrons. The van der Waals surface area contributed by atoms with Crippen molar-refractivity contribution in [2.45, 2.75) is 39.2 Å². The monoisotopic (exact) mass is 542 g/mol. The van der Waals surface area contributed by atoms with Gasteiger partial charge in [-0.1, -0.05) is 25.0 Å². The molecule has 1 aromatic carbocycles.